The van der Waals surface area contributed by atoms with Crippen molar-refractivity contribution in [3.8, 4) is 5.75 Å². The van der Waals surface area contributed by atoms with E-state index in [1.54, 1.807) is 12.1 Å². The van der Waals surface area contributed by atoms with Gasteiger partial charge in [-0.05, 0) is 18.2 Å². The zero-order valence-electron chi connectivity index (χ0n) is 14.2. The number of amides is 1. The molecule has 0 radical (unpaired) electrons. The number of methoxy groups -OCH3 is 1. The van der Waals surface area contributed by atoms with Crippen LogP contribution < -0.4 is 15.7 Å². The Bertz CT molecular complexity index is 896. The minimum absolute atomic E-state index is 0.221. The SMILES string of the molecule is COc1ccc2cc(C(=O)NC3[C@H](O)OC(CO)[C@@H](O)[C@@H]3O)c(=O)oc2c1. The summed E-state index contributed by atoms with van der Waals surface area (Å²) in [5.41, 5.74) is -1.06. The van der Waals surface area contributed by atoms with E-state index < -0.39 is 48.8 Å². The van der Waals surface area contributed by atoms with Gasteiger partial charge < -0.3 is 39.6 Å². The summed E-state index contributed by atoms with van der Waals surface area (Å²) in [4.78, 5) is 24.6. The van der Waals surface area contributed by atoms with Crippen molar-refractivity contribution in [2.24, 2.45) is 0 Å². The smallest absolute Gasteiger partial charge is 0.349 e. The Morgan fingerprint density at radius 1 is 1.22 bits per heavy atom. The van der Waals surface area contributed by atoms with Crippen molar-refractivity contribution in [3.63, 3.8) is 0 Å². The van der Waals surface area contributed by atoms with E-state index in [0.717, 1.165) is 0 Å². The third-order valence-corrected chi connectivity index (χ3v) is 4.39. The summed E-state index contributed by atoms with van der Waals surface area (Å²) in [6, 6.07) is 4.59. The van der Waals surface area contributed by atoms with E-state index in [0.29, 0.717) is 11.1 Å². The van der Waals surface area contributed by atoms with Crippen LogP contribution in [-0.2, 0) is 4.74 Å². The average molecular weight is 381 g/mol. The first-order valence-corrected chi connectivity index (χ1v) is 8.09. The molecule has 10 nitrogen and oxygen atoms in total. The number of fused-ring (bicyclic) bond motifs is 1. The number of nitrogens with one attached hydrogen (secondary N) is 1. The predicted molar refractivity (Wildman–Crippen MR) is 90.3 cm³/mol. The first-order chi connectivity index (χ1) is 12.8. The molecule has 2 heterocycles. The van der Waals surface area contributed by atoms with Gasteiger partial charge in [-0.15, -0.1) is 0 Å². The summed E-state index contributed by atoms with van der Waals surface area (Å²) in [7, 11) is 1.46. The number of aliphatic hydroxyl groups excluding tert-OH is 4. The molecule has 10 heteroatoms. The summed E-state index contributed by atoms with van der Waals surface area (Å²) in [5.74, 6) is -0.455. The fraction of sp³-hybridized carbons (Fsp3) is 0.412. The highest BCUT2D eigenvalue weighted by Gasteiger charge is 2.44. The molecule has 1 aliphatic heterocycles. The molecule has 5 N–H and O–H groups in total. The van der Waals surface area contributed by atoms with Gasteiger partial charge in [0.15, 0.2) is 6.29 Å². The van der Waals surface area contributed by atoms with Gasteiger partial charge in [0.2, 0.25) is 0 Å². The topological polar surface area (TPSA) is 159 Å². The molecule has 1 saturated heterocycles. The standard InChI is InChI=1S/C17H19NO9/c1-25-8-3-2-7-4-9(16(23)26-10(7)5-8)15(22)18-12-14(21)13(20)11(6-19)27-17(12)24/h2-5,11-14,17,19-21,24H,6H2,1H3,(H,18,22)/t11?,12?,13-,14-,17-/m1/s1. The van der Waals surface area contributed by atoms with Crippen LogP contribution in [0.5, 0.6) is 5.75 Å². The Morgan fingerprint density at radius 2 is 1.96 bits per heavy atom. The Kier molecular flexibility index (Phi) is 5.44. The average Bonchev–Trinajstić information content (AvgIpc) is 2.66. The maximum atomic E-state index is 12.4. The molecule has 0 saturated carbocycles. The van der Waals surface area contributed by atoms with Crippen molar-refractivity contribution < 1.29 is 39.1 Å². The molecule has 5 atom stereocenters. The number of aliphatic hydroxyl groups is 4. The molecule has 1 fully saturated rings. The highest BCUT2D eigenvalue weighted by Crippen LogP contribution is 2.22. The van der Waals surface area contributed by atoms with Crippen LogP contribution in [0.15, 0.2) is 33.5 Å². The molecule has 1 aromatic carbocycles. The maximum Gasteiger partial charge on any atom is 0.349 e. The van der Waals surface area contributed by atoms with E-state index in [9.17, 15) is 24.9 Å². The van der Waals surface area contributed by atoms with Crippen LogP contribution in [0.3, 0.4) is 0 Å². The largest absolute Gasteiger partial charge is 0.497 e. The van der Waals surface area contributed by atoms with Crippen molar-refractivity contribution in [1.82, 2.24) is 5.32 Å². The van der Waals surface area contributed by atoms with Gasteiger partial charge in [0.1, 0.15) is 41.2 Å². The highest BCUT2D eigenvalue weighted by atomic mass is 16.6. The molecule has 146 valence electrons. The minimum Gasteiger partial charge on any atom is -0.497 e. The van der Waals surface area contributed by atoms with Gasteiger partial charge in [0, 0.05) is 11.5 Å². The lowest BCUT2D eigenvalue weighted by atomic mass is 9.97. The van der Waals surface area contributed by atoms with Gasteiger partial charge in [-0.2, -0.15) is 0 Å². The molecule has 0 bridgehead atoms. The molecule has 0 spiro atoms. The first kappa shape index (κ1) is 19.3. The molecule has 2 aromatic rings. The van der Waals surface area contributed by atoms with Gasteiger partial charge in [-0.3, -0.25) is 4.79 Å². The number of benzene rings is 1. The Morgan fingerprint density at radius 3 is 2.63 bits per heavy atom. The Hall–Kier alpha value is -2.50. The van der Waals surface area contributed by atoms with E-state index in [-0.39, 0.29) is 11.1 Å². The lowest BCUT2D eigenvalue weighted by Gasteiger charge is -2.40. The van der Waals surface area contributed by atoms with Crippen molar-refractivity contribution in [2.45, 2.75) is 30.6 Å². The molecule has 3 rings (SSSR count). The van der Waals surface area contributed by atoms with Gasteiger partial charge in [-0.1, -0.05) is 0 Å². The Balaban J connectivity index is 1.85. The second-order valence-electron chi connectivity index (χ2n) is 6.08. The quantitative estimate of drug-likeness (QED) is 0.390. The van der Waals surface area contributed by atoms with Crippen molar-refractivity contribution >= 4 is 16.9 Å². The third kappa shape index (κ3) is 3.66. The molecule has 2 unspecified atom stereocenters. The second kappa shape index (κ2) is 7.62. The minimum atomic E-state index is -1.69. The van der Waals surface area contributed by atoms with Crippen LogP contribution in [0.1, 0.15) is 10.4 Å². The van der Waals surface area contributed by atoms with Crippen LogP contribution in [-0.4, -0.2) is 70.7 Å². The molecule has 1 amide bonds. The monoisotopic (exact) mass is 381 g/mol. The van der Waals surface area contributed by atoms with E-state index >= 15 is 0 Å². The molecular weight excluding hydrogens is 362 g/mol. The maximum absolute atomic E-state index is 12.4. The molecule has 0 aliphatic carbocycles. The fourth-order valence-electron chi connectivity index (χ4n) is 2.86. The lowest BCUT2D eigenvalue weighted by molar-refractivity contribution is -0.252. The second-order valence-corrected chi connectivity index (χ2v) is 6.08. The van der Waals surface area contributed by atoms with Gasteiger partial charge in [0.05, 0.1) is 13.7 Å². The normalized spacial score (nSPS) is 28.1. The van der Waals surface area contributed by atoms with Gasteiger partial charge >= 0.3 is 5.63 Å². The summed E-state index contributed by atoms with van der Waals surface area (Å²) in [6.07, 6.45) is -6.05. The van der Waals surface area contributed by atoms with Crippen LogP contribution in [0, 0.1) is 0 Å². The molecule has 1 aromatic heterocycles. The van der Waals surface area contributed by atoms with Crippen LogP contribution in [0.4, 0.5) is 0 Å². The van der Waals surface area contributed by atoms with Crippen molar-refractivity contribution in [1.29, 1.82) is 0 Å². The predicted octanol–water partition coefficient (Wildman–Crippen LogP) is -1.67. The zero-order valence-corrected chi connectivity index (χ0v) is 14.2. The van der Waals surface area contributed by atoms with E-state index in [4.69, 9.17) is 19.0 Å². The number of hydrogen-bond acceptors (Lipinski definition) is 9. The van der Waals surface area contributed by atoms with Crippen LogP contribution >= 0.6 is 0 Å². The van der Waals surface area contributed by atoms with E-state index in [1.165, 1.54) is 19.2 Å². The van der Waals surface area contributed by atoms with Crippen LogP contribution in [0.2, 0.25) is 0 Å². The molecule has 1 aliphatic rings. The fourth-order valence-corrected chi connectivity index (χ4v) is 2.86. The van der Waals surface area contributed by atoms with Crippen molar-refractivity contribution in [3.05, 3.63) is 40.2 Å². The number of ether oxygens (including phenoxy) is 2. The number of carbonyl (C=O) groups is 1. The lowest BCUT2D eigenvalue weighted by Crippen LogP contribution is -2.64. The first-order valence-electron chi connectivity index (χ1n) is 8.09. The summed E-state index contributed by atoms with van der Waals surface area (Å²) < 4.78 is 15.1. The third-order valence-electron chi connectivity index (χ3n) is 4.39. The van der Waals surface area contributed by atoms with Gasteiger partial charge in [-0.25, -0.2) is 4.79 Å². The van der Waals surface area contributed by atoms with E-state index in [1.807, 2.05) is 0 Å². The van der Waals surface area contributed by atoms with Crippen LogP contribution in [0.25, 0.3) is 11.0 Å². The van der Waals surface area contributed by atoms with Crippen molar-refractivity contribution in [2.75, 3.05) is 13.7 Å². The highest BCUT2D eigenvalue weighted by molar-refractivity contribution is 5.97. The number of carbonyl (C=O) groups excluding carboxylic acids is 1. The van der Waals surface area contributed by atoms with Gasteiger partial charge in [0.25, 0.3) is 5.91 Å². The molecular formula is C17H19NO9. The zero-order chi connectivity index (χ0) is 19.7. The summed E-state index contributed by atoms with van der Waals surface area (Å²) >= 11 is 0. The summed E-state index contributed by atoms with van der Waals surface area (Å²) in [6.45, 7) is -0.631. The number of hydrogen-bond donors (Lipinski definition) is 5. The number of rotatable bonds is 4. The molecule has 27 heavy (non-hydrogen) atoms. The van der Waals surface area contributed by atoms with E-state index in [2.05, 4.69) is 5.32 Å². The Labute approximate surface area is 152 Å². The summed E-state index contributed by atoms with van der Waals surface area (Å²) in [5, 5.41) is 41.6.